The van der Waals surface area contributed by atoms with Crippen LogP contribution in [0.2, 0.25) is 0 Å². The van der Waals surface area contributed by atoms with Gasteiger partial charge < -0.3 is 19.0 Å². The Morgan fingerprint density at radius 3 is 2.67 bits per heavy atom. The standard InChI is InChI=1S/C28H25F3N4O4/c1-15-20(9-16-5-3-4-6-21(16)38-26(30)31)35-14-18(19(29)10-23(35)34-15)17-12-32-24(33-13-17)28-8-7-27(2,11-22(28)36)25(37)39-28/h3-6,10,12-14,22,26,36H,7-9,11H2,1-2H3. The second-order valence-corrected chi connectivity index (χ2v) is 10.4. The van der Waals surface area contributed by atoms with Gasteiger partial charge in [-0.1, -0.05) is 18.2 Å². The van der Waals surface area contributed by atoms with Crippen LogP contribution in [-0.2, 0) is 21.6 Å². The van der Waals surface area contributed by atoms with Crippen molar-refractivity contribution in [1.82, 2.24) is 19.4 Å². The van der Waals surface area contributed by atoms with E-state index in [-0.39, 0.29) is 35.9 Å². The van der Waals surface area contributed by atoms with Crippen molar-refractivity contribution < 1.29 is 32.5 Å². The smallest absolute Gasteiger partial charge is 0.387 e. The van der Waals surface area contributed by atoms with E-state index in [1.54, 1.807) is 42.6 Å². The van der Waals surface area contributed by atoms with Gasteiger partial charge in [0.1, 0.15) is 23.3 Å². The average molecular weight is 539 g/mol. The van der Waals surface area contributed by atoms with E-state index in [9.17, 15) is 18.7 Å². The Balaban J connectivity index is 1.35. The topological polar surface area (TPSA) is 98.8 Å². The van der Waals surface area contributed by atoms with Crippen molar-refractivity contribution in [3.8, 4) is 16.9 Å². The lowest BCUT2D eigenvalue weighted by molar-refractivity contribution is -0.235. The van der Waals surface area contributed by atoms with Crippen LogP contribution in [0.25, 0.3) is 16.8 Å². The number of esters is 1. The number of alkyl halides is 2. The first kappa shape index (κ1) is 25.3. The molecule has 4 aromatic rings. The van der Waals surface area contributed by atoms with Gasteiger partial charge in [-0.2, -0.15) is 8.78 Å². The van der Waals surface area contributed by atoms with Crippen LogP contribution < -0.4 is 4.74 Å². The van der Waals surface area contributed by atoms with Gasteiger partial charge >= 0.3 is 12.6 Å². The molecule has 1 saturated carbocycles. The highest BCUT2D eigenvalue weighted by atomic mass is 19.3. The average Bonchev–Trinajstić information content (AvgIpc) is 3.19. The van der Waals surface area contributed by atoms with Crippen LogP contribution in [0.3, 0.4) is 0 Å². The van der Waals surface area contributed by atoms with E-state index in [4.69, 9.17) is 4.74 Å². The fourth-order valence-corrected chi connectivity index (χ4v) is 5.60. The first-order valence-corrected chi connectivity index (χ1v) is 12.5. The molecule has 3 aromatic heterocycles. The van der Waals surface area contributed by atoms with Crippen molar-refractivity contribution in [2.24, 2.45) is 5.41 Å². The van der Waals surface area contributed by atoms with Crippen LogP contribution in [0, 0.1) is 18.2 Å². The molecule has 3 atom stereocenters. The van der Waals surface area contributed by atoms with E-state index in [2.05, 4.69) is 19.7 Å². The summed E-state index contributed by atoms with van der Waals surface area (Å²) < 4.78 is 53.1. The van der Waals surface area contributed by atoms with E-state index in [1.807, 2.05) is 0 Å². The highest BCUT2D eigenvalue weighted by Crippen LogP contribution is 2.53. The Hall–Kier alpha value is -3.99. The van der Waals surface area contributed by atoms with Crippen LogP contribution in [0.15, 0.2) is 48.9 Å². The van der Waals surface area contributed by atoms with Gasteiger partial charge in [-0.05, 0) is 39.2 Å². The van der Waals surface area contributed by atoms with Crippen LogP contribution in [-0.4, -0.2) is 43.1 Å². The molecule has 0 amide bonds. The minimum absolute atomic E-state index is 0.0566. The van der Waals surface area contributed by atoms with Crippen LogP contribution >= 0.6 is 0 Å². The highest BCUT2D eigenvalue weighted by Gasteiger charge is 2.61. The molecule has 1 aliphatic carbocycles. The minimum Gasteiger partial charge on any atom is -0.448 e. The lowest BCUT2D eigenvalue weighted by Gasteiger charge is -2.51. The number of fused-ring (bicyclic) bond motifs is 4. The number of imidazole rings is 1. The van der Waals surface area contributed by atoms with Crippen molar-refractivity contribution in [2.75, 3.05) is 0 Å². The third kappa shape index (κ3) is 4.12. The molecule has 202 valence electrons. The number of hydrogen-bond donors (Lipinski definition) is 1. The number of aryl methyl sites for hydroxylation is 1. The van der Waals surface area contributed by atoms with Crippen molar-refractivity contribution in [3.05, 3.63) is 77.5 Å². The zero-order valence-electron chi connectivity index (χ0n) is 21.2. The number of benzene rings is 1. The van der Waals surface area contributed by atoms with Gasteiger partial charge in [0, 0.05) is 53.5 Å². The monoisotopic (exact) mass is 538 g/mol. The van der Waals surface area contributed by atoms with E-state index >= 15 is 4.39 Å². The van der Waals surface area contributed by atoms with E-state index in [0.29, 0.717) is 41.0 Å². The second kappa shape index (κ2) is 9.04. The highest BCUT2D eigenvalue weighted by molar-refractivity contribution is 5.79. The molecule has 7 rings (SSSR count). The van der Waals surface area contributed by atoms with Crippen LogP contribution in [0.5, 0.6) is 5.75 Å². The number of halogens is 3. The molecule has 0 radical (unpaired) electrons. The van der Waals surface area contributed by atoms with Gasteiger partial charge in [0.15, 0.2) is 11.4 Å². The summed E-state index contributed by atoms with van der Waals surface area (Å²) >= 11 is 0. The predicted molar refractivity (Wildman–Crippen MR) is 133 cm³/mol. The number of rotatable bonds is 6. The molecule has 2 aliphatic heterocycles. The summed E-state index contributed by atoms with van der Waals surface area (Å²) in [6.07, 6.45) is 4.91. The predicted octanol–water partition coefficient (Wildman–Crippen LogP) is 4.73. The molecule has 2 bridgehead atoms. The second-order valence-electron chi connectivity index (χ2n) is 10.4. The lowest BCUT2D eigenvalue weighted by atomic mass is 9.65. The molecule has 39 heavy (non-hydrogen) atoms. The zero-order chi connectivity index (χ0) is 27.5. The van der Waals surface area contributed by atoms with Crippen LogP contribution in [0.4, 0.5) is 13.2 Å². The largest absolute Gasteiger partial charge is 0.448 e. The third-order valence-corrected chi connectivity index (χ3v) is 7.89. The molecular weight excluding hydrogens is 513 g/mol. The number of carbonyl (C=O) groups is 1. The number of aliphatic hydroxyl groups excluding tert-OH is 1. The van der Waals surface area contributed by atoms with Gasteiger partial charge in [-0.25, -0.2) is 19.3 Å². The SMILES string of the molecule is Cc1nc2cc(F)c(-c3cnc(C45CCC(C)(CC4O)C(=O)O5)nc3)cn2c1Cc1ccccc1OC(F)F. The minimum atomic E-state index is -2.96. The molecule has 11 heteroatoms. The molecule has 3 unspecified atom stereocenters. The number of ether oxygens (including phenoxy) is 2. The van der Waals surface area contributed by atoms with Gasteiger partial charge in [-0.15, -0.1) is 0 Å². The number of pyridine rings is 1. The quantitative estimate of drug-likeness (QED) is 0.354. The molecule has 0 spiro atoms. The molecule has 3 fully saturated rings. The normalized spacial score (nSPS) is 24.4. The first-order valence-electron chi connectivity index (χ1n) is 12.5. The third-order valence-electron chi connectivity index (χ3n) is 7.89. The maximum Gasteiger partial charge on any atom is 0.387 e. The number of aromatic nitrogens is 4. The number of carbonyl (C=O) groups excluding carboxylic acids is 1. The lowest BCUT2D eigenvalue weighted by Crippen LogP contribution is -2.60. The Bertz CT molecular complexity index is 1590. The van der Waals surface area contributed by atoms with Gasteiger partial charge in [-0.3, -0.25) is 4.79 Å². The van der Waals surface area contributed by atoms with Gasteiger partial charge in [0.2, 0.25) is 0 Å². The van der Waals surface area contributed by atoms with Crippen molar-refractivity contribution in [3.63, 3.8) is 0 Å². The molecular formula is C28H25F3N4O4. The van der Waals surface area contributed by atoms with Crippen molar-refractivity contribution >= 4 is 11.6 Å². The van der Waals surface area contributed by atoms with E-state index in [1.165, 1.54) is 24.5 Å². The number of nitrogens with zero attached hydrogens (tertiary/aromatic N) is 4. The Kier molecular flexibility index (Phi) is 5.87. The summed E-state index contributed by atoms with van der Waals surface area (Å²) in [5.41, 5.74) is 0.701. The molecule has 2 saturated heterocycles. The molecule has 1 N–H and O–H groups in total. The van der Waals surface area contributed by atoms with Crippen molar-refractivity contribution in [1.29, 1.82) is 0 Å². The summed E-state index contributed by atoms with van der Waals surface area (Å²) in [4.78, 5) is 25.7. The molecule has 8 nitrogen and oxygen atoms in total. The van der Waals surface area contributed by atoms with E-state index < -0.39 is 29.5 Å². The Labute approximate surface area is 221 Å². The van der Waals surface area contributed by atoms with Crippen molar-refractivity contribution in [2.45, 2.75) is 57.8 Å². The summed E-state index contributed by atoms with van der Waals surface area (Å²) in [6, 6.07) is 7.78. The summed E-state index contributed by atoms with van der Waals surface area (Å²) in [6.45, 7) is 0.578. The number of aliphatic hydroxyl groups is 1. The Morgan fingerprint density at radius 2 is 1.97 bits per heavy atom. The number of hydrogen-bond acceptors (Lipinski definition) is 7. The summed E-state index contributed by atoms with van der Waals surface area (Å²) in [7, 11) is 0. The summed E-state index contributed by atoms with van der Waals surface area (Å²) in [5.74, 6) is -0.703. The number of para-hydroxylation sites is 1. The van der Waals surface area contributed by atoms with Gasteiger partial charge in [0.25, 0.3) is 0 Å². The maximum absolute atomic E-state index is 15.2. The van der Waals surface area contributed by atoms with Crippen LogP contribution in [0.1, 0.15) is 49.0 Å². The fourth-order valence-electron chi connectivity index (χ4n) is 5.60. The molecule has 1 aromatic carbocycles. The van der Waals surface area contributed by atoms with E-state index in [0.717, 1.165) is 0 Å². The zero-order valence-corrected chi connectivity index (χ0v) is 21.2. The fraction of sp³-hybridized carbons (Fsp3) is 0.357. The Morgan fingerprint density at radius 1 is 1.23 bits per heavy atom. The molecule has 3 aliphatic rings. The van der Waals surface area contributed by atoms with Gasteiger partial charge in [0.05, 0.1) is 11.1 Å². The maximum atomic E-state index is 15.2. The first-order chi connectivity index (χ1) is 18.6. The summed E-state index contributed by atoms with van der Waals surface area (Å²) in [5, 5.41) is 10.8. The molecule has 5 heterocycles.